The monoisotopic (exact) mass is 286 g/mol. The number of amides is 1. The van der Waals surface area contributed by atoms with Crippen molar-refractivity contribution in [3.63, 3.8) is 0 Å². The lowest BCUT2D eigenvalue weighted by Gasteiger charge is -2.31. The Kier molecular flexibility index (Phi) is 6.12. The van der Waals surface area contributed by atoms with Crippen LogP contribution in [0.2, 0.25) is 0 Å². The van der Waals surface area contributed by atoms with E-state index in [1.165, 1.54) is 6.92 Å². The molecule has 1 aliphatic rings. The molecule has 5 atom stereocenters. The Hall–Kier alpha value is -1.44. The Bertz CT molecular complexity index is 385. The summed E-state index contributed by atoms with van der Waals surface area (Å²) >= 11 is 0. The maximum absolute atomic E-state index is 11.2. The van der Waals surface area contributed by atoms with Crippen molar-refractivity contribution in [1.29, 1.82) is 0 Å². The molecule has 0 unspecified atom stereocenters. The summed E-state index contributed by atoms with van der Waals surface area (Å²) < 4.78 is 0. The molecule has 0 aromatic heterocycles. The molecular weight excluding hydrogens is 264 g/mol. The summed E-state index contributed by atoms with van der Waals surface area (Å²) in [5.41, 5.74) is 0. The molecule has 7 nitrogen and oxygen atoms in total. The maximum atomic E-state index is 11.2. The highest BCUT2D eigenvalue weighted by molar-refractivity contribution is 5.75. The summed E-state index contributed by atoms with van der Waals surface area (Å²) in [5.74, 6) is -1.46. The minimum Gasteiger partial charge on any atom is -0.480 e. The minimum absolute atomic E-state index is 0.140. The largest absolute Gasteiger partial charge is 0.480 e. The van der Waals surface area contributed by atoms with Crippen LogP contribution >= 0.6 is 0 Å². The van der Waals surface area contributed by atoms with Gasteiger partial charge in [-0.05, 0) is 19.3 Å². The molecule has 0 radical (unpaired) electrons. The lowest BCUT2D eigenvalue weighted by molar-refractivity contribution is -0.139. The van der Waals surface area contributed by atoms with Gasteiger partial charge in [-0.1, -0.05) is 12.2 Å². The molecule has 1 aliphatic heterocycles. The molecule has 0 bridgehead atoms. The number of carboxylic acids is 1. The molecule has 7 heteroatoms. The maximum Gasteiger partial charge on any atom is 0.320 e. The lowest BCUT2D eigenvalue weighted by Crippen LogP contribution is -2.57. The summed E-state index contributed by atoms with van der Waals surface area (Å²) in [6, 6.07) is -1.93. The van der Waals surface area contributed by atoms with E-state index in [0.29, 0.717) is 6.42 Å². The van der Waals surface area contributed by atoms with E-state index in [4.69, 9.17) is 10.2 Å². The number of aliphatic carboxylic acids is 1. The van der Waals surface area contributed by atoms with Gasteiger partial charge in [-0.2, -0.15) is 0 Å². The smallest absolute Gasteiger partial charge is 0.320 e. The van der Waals surface area contributed by atoms with Crippen LogP contribution in [-0.4, -0.2) is 58.0 Å². The zero-order chi connectivity index (χ0) is 15.3. The Balaban J connectivity index is 2.95. The van der Waals surface area contributed by atoms with Gasteiger partial charge in [0.15, 0.2) is 0 Å². The van der Waals surface area contributed by atoms with Crippen molar-refractivity contribution in [2.75, 3.05) is 6.61 Å². The van der Waals surface area contributed by atoms with E-state index >= 15 is 0 Å². The average molecular weight is 286 g/mol. The first-order chi connectivity index (χ1) is 9.40. The van der Waals surface area contributed by atoms with Crippen LogP contribution in [-0.2, 0) is 9.59 Å². The van der Waals surface area contributed by atoms with Crippen LogP contribution < -0.4 is 10.6 Å². The van der Waals surface area contributed by atoms with E-state index in [2.05, 4.69) is 10.6 Å². The third kappa shape index (κ3) is 4.03. The number of rotatable bonds is 6. The molecule has 0 aliphatic carbocycles. The van der Waals surface area contributed by atoms with Crippen molar-refractivity contribution in [2.24, 2.45) is 5.92 Å². The normalized spacial score (nSPS) is 29.3. The van der Waals surface area contributed by atoms with Crippen LogP contribution in [0.3, 0.4) is 0 Å². The summed E-state index contributed by atoms with van der Waals surface area (Å²) in [4.78, 5) is 22.3. The molecule has 0 aromatic rings. The third-order valence-electron chi connectivity index (χ3n) is 3.46. The third-order valence-corrected chi connectivity index (χ3v) is 3.46. The number of hydrogen-bond donors (Lipinski definition) is 5. The molecule has 0 saturated carbocycles. The number of aliphatic hydroxyl groups is 2. The quantitative estimate of drug-likeness (QED) is 0.393. The fourth-order valence-corrected chi connectivity index (χ4v) is 2.60. The summed E-state index contributed by atoms with van der Waals surface area (Å²) in [5, 5.41) is 33.6. The van der Waals surface area contributed by atoms with Gasteiger partial charge >= 0.3 is 5.97 Å². The minimum atomic E-state index is -1.16. The van der Waals surface area contributed by atoms with Gasteiger partial charge in [-0.3, -0.25) is 14.9 Å². The first-order valence-corrected chi connectivity index (χ1v) is 6.58. The van der Waals surface area contributed by atoms with Gasteiger partial charge in [0.2, 0.25) is 5.91 Å². The van der Waals surface area contributed by atoms with E-state index < -0.39 is 36.8 Å². The molecule has 0 aromatic carbocycles. The van der Waals surface area contributed by atoms with Crippen LogP contribution in [0.25, 0.3) is 0 Å². The van der Waals surface area contributed by atoms with Crippen LogP contribution in [0.5, 0.6) is 0 Å². The highest BCUT2D eigenvalue weighted by Gasteiger charge is 2.42. The van der Waals surface area contributed by atoms with E-state index in [9.17, 15) is 14.7 Å². The lowest BCUT2D eigenvalue weighted by atomic mass is 9.90. The van der Waals surface area contributed by atoms with Crippen LogP contribution in [0.1, 0.15) is 20.3 Å². The van der Waals surface area contributed by atoms with E-state index in [0.717, 1.165) is 0 Å². The number of allylic oxidation sites excluding steroid dienone is 1. The number of nitrogens with one attached hydrogen (secondary N) is 2. The van der Waals surface area contributed by atoms with Gasteiger partial charge in [0.25, 0.3) is 0 Å². The van der Waals surface area contributed by atoms with Crippen molar-refractivity contribution >= 4 is 11.9 Å². The SMILES string of the molecule is C/C=C\[C@@H]1C[C@H](C(=O)O)N[C@H]1[C@@H](NC(C)=O)[C@H](O)CO. The van der Waals surface area contributed by atoms with Crippen LogP contribution in [0.4, 0.5) is 0 Å². The second kappa shape index (κ2) is 7.37. The van der Waals surface area contributed by atoms with Crippen molar-refractivity contribution in [3.05, 3.63) is 12.2 Å². The number of carbonyl (C=O) groups is 2. The molecule has 1 amide bonds. The fourth-order valence-electron chi connectivity index (χ4n) is 2.60. The number of carboxylic acid groups (broad SMARTS) is 1. The number of aliphatic hydroxyl groups excluding tert-OH is 2. The zero-order valence-electron chi connectivity index (χ0n) is 11.6. The average Bonchev–Trinajstić information content (AvgIpc) is 2.79. The standard InChI is InChI=1S/C13H22N2O5/c1-3-4-8-5-9(13(19)20)15-11(8)12(10(18)6-16)14-7(2)17/h3-4,8-12,15-16,18H,5-6H2,1-2H3,(H,14,17)(H,19,20)/b4-3-/t8-,9-,10-,11-,12+/m1/s1. The first kappa shape index (κ1) is 16.6. The van der Waals surface area contributed by atoms with E-state index in [1.807, 2.05) is 13.0 Å². The highest BCUT2D eigenvalue weighted by atomic mass is 16.4. The Morgan fingerprint density at radius 1 is 1.50 bits per heavy atom. The van der Waals surface area contributed by atoms with Gasteiger partial charge in [0.05, 0.1) is 18.8 Å². The summed E-state index contributed by atoms with van der Waals surface area (Å²) in [6.45, 7) is 2.62. The van der Waals surface area contributed by atoms with Crippen LogP contribution in [0.15, 0.2) is 12.2 Å². The number of carbonyl (C=O) groups excluding carboxylic acids is 1. The molecule has 1 saturated heterocycles. The predicted octanol–water partition coefficient (Wildman–Crippen LogP) is -1.15. The van der Waals surface area contributed by atoms with Gasteiger partial charge in [0, 0.05) is 13.0 Å². The summed E-state index contributed by atoms with van der Waals surface area (Å²) in [7, 11) is 0. The molecule has 0 spiro atoms. The van der Waals surface area contributed by atoms with Gasteiger partial charge < -0.3 is 20.6 Å². The molecule has 20 heavy (non-hydrogen) atoms. The Labute approximate surface area is 117 Å². The summed E-state index contributed by atoms with van der Waals surface area (Å²) in [6.07, 6.45) is 2.87. The predicted molar refractivity (Wildman–Crippen MR) is 72.0 cm³/mol. The highest BCUT2D eigenvalue weighted by Crippen LogP contribution is 2.26. The second-order valence-corrected chi connectivity index (χ2v) is 4.98. The molecule has 5 N–H and O–H groups in total. The van der Waals surface area contributed by atoms with Crippen molar-refractivity contribution in [2.45, 2.75) is 44.5 Å². The van der Waals surface area contributed by atoms with Crippen LogP contribution in [0, 0.1) is 5.92 Å². The Morgan fingerprint density at radius 2 is 2.15 bits per heavy atom. The van der Waals surface area contributed by atoms with E-state index in [-0.39, 0.29) is 11.8 Å². The van der Waals surface area contributed by atoms with E-state index in [1.54, 1.807) is 6.08 Å². The Morgan fingerprint density at radius 3 is 2.60 bits per heavy atom. The second-order valence-electron chi connectivity index (χ2n) is 4.98. The van der Waals surface area contributed by atoms with Gasteiger partial charge in [-0.15, -0.1) is 0 Å². The topological polar surface area (TPSA) is 119 Å². The molecular formula is C13H22N2O5. The molecule has 114 valence electrons. The number of hydrogen-bond acceptors (Lipinski definition) is 5. The van der Waals surface area contributed by atoms with Gasteiger partial charge in [-0.25, -0.2) is 0 Å². The first-order valence-electron chi connectivity index (χ1n) is 6.58. The molecule has 1 fully saturated rings. The van der Waals surface area contributed by atoms with Gasteiger partial charge in [0.1, 0.15) is 6.04 Å². The molecule has 1 rings (SSSR count). The van der Waals surface area contributed by atoms with Crippen molar-refractivity contribution in [1.82, 2.24) is 10.6 Å². The zero-order valence-corrected chi connectivity index (χ0v) is 11.6. The van der Waals surface area contributed by atoms with Crippen molar-refractivity contribution in [3.8, 4) is 0 Å². The van der Waals surface area contributed by atoms with Crippen molar-refractivity contribution < 1.29 is 24.9 Å². The molecule has 1 heterocycles. The fraction of sp³-hybridized carbons (Fsp3) is 0.692.